The quantitative estimate of drug-likeness (QED) is 0.514. The van der Waals surface area contributed by atoms with Crippen molar-refractivity contribution in [2.24, 2.45) is 0 Å². The number of anilines is 1. The maximum absolute atomic E-state index is 11.5. The van der Waals surface area contributed by atoms with Crippen LogP contribution >= 0.6 is 11.6 Å². The fourth-order valence-corrected chi connectivity index (χ4v) is 2.05. The average Bonchev–Trinajstić information content (AvgIpc) is 2.46. The van der Waals surface area contributed by atoms with Crippen molar-refractivity contribution in [2.75, 3.05) is 12.8 Å². The Labute approximate surface area is 127 Å². The van der Waals surface area contributed by atoms with Crippen LogP contribution in [0.4, 0.5) is 5.69 Å². The van der Waals surface area contributed by atoms with Crippen molar-refractivity contribution in [1.29, 1.82) is 0 Å². The highest BCUT2D eigenvalue weighted by Gasteiger charge is 2.11. The van der Waals surface area contributed by atoms with E-state index in [1.165, 1.54) is 6.08 Å². The van der Waals surface area contributed by atoms with Crippen LogP contribution in [0.25, 0.3) is 11.6 Å². The molecule has 0 atom stereocenters. The van der Waals surface area contributed by atoms with Gasteiger partial charge in [-0.1, -0.05) is 29.8 Å². The monoisotopic (exact) mass is 303 g/mol. The second kappa shape index (κ2) is 6.33. The Morgan fingerprint density at radius 3 is 2.43 bits per heavy atom. The molecule has 0 aliphatic rings. The van der Waals surface area contributed by atoms with Crippen LogP contribution in [0.2, 0.25) is 5.02 Å². The van der Waals surface area contributed by atoms with Crippen LogP contribution in [-0.2, 0) is 4.79 Å². The molecule has 0 bridgehead atoms. The highest BCUT2D eigenvalue weighted by atomic mass is 35.5. The summed E-state index contributed by atoms with van der Waals surface area (Å²) in [6.07, 6.45) is 1.52. The molecule has 0 aromatic heterocycles. The highest BCUT2D eigenvalue weighted by Crippen LogP contribution is 2.25. The van der Waals surface area contributed by atoms with Crippen molar-refractivity contribution < 1.29 is 14.6 Å². The van der Waals surface area contributed by atoms with Crippen molar-refractivity contribution in [3.8, 4) is 5.75 Å². The van der Waals surface area contributed by atoms with Crippen LogP contribution in [0.3, 0.4) is 0 Å². The largest absolute Gasteiger partial charge is 0.497 e. The van der Waals surface area contributed by atoms with E-state index in [9.17, 15) is 9.90 Å². The summed E-state index contributed by atoms with van der Waals surface area (Å²) in [5.74, 6) is -0.371. The molecule has 0 heterocycles. The Bertz CT molecular complexity index is 693. The molecule has 0 spiro atoms. The van der Waals surface area contributed by atoms with Crippen LogP contribution in [0.1, 0.15) is 11.1 Å². The molecule has 5 heteroatoms. The zero-order valence-electron chi connectivity index (χ0n) is 11.3. The molecule has 2 aromatic rings. The second-order valence-electron chi connectivity index (χ2n) is 4.36. The van der Waals surface area contributed by atoms with E-state index in [2.05, 4.69) is 0 Å². The zero-order valence-corrected chi connectivity index (χ0v) is 12.1. The molecule has 3 N–H and O–H groups in total. The molecule has 0 aliphatic heterocycles. The Hall–Kier alpha value is -2.46. The number of carbonyl (C=O) groups is 1. The highest BCUT2D eigenvalue weighted by molar-refractivity contribution is 6.31. The summed E-state index contributed by atoms with van der Waals surface area (Å²) in [6.45, 7) is 0. The third kappa shape index (κ3) is 3.55. The van der Waals surface area contributed by atoms with Gasteiger partial charge in [-0.15, -0.1) is 0 Å². The smallest absolute Gasteiger partial charge is 0.336 e. The van der Waals surface area contributed by atoms with Crippen LogP contribution < -0.4 is 10.5 Å². The molecule has 0 fully saturated rings. The van der Waals surface area contributed by atoms with Gasteiger partial charge in [-0.2, -0.15) is 0 Å². The number of hydrogen-bond acceptors (Lipinski definition) is 3. The fourth-order valence-electron chi connectivity index (χ4n) is 1.87. The minimum atomic E-state index is -1.03. The SMILES string of the molecule is COc1ccc(/C(=C\c2ccc(Cl)cc2N)C(=O)O)cc1. The molecule has 4 nitrogen and oxygen atoms in total. The number of rotatable bonds is 4. The summed E-state index contributed by atoms with van der Waals surface area (Å²) in [5, 5.41) is 9.90. The number of nitrogens with two attached hydrogens (primary N) is 1. The maximum Gasteiger partial charge on any atom is 0.336 e. The lowest BCUT2D eigenvalue weighted by Crippen LogP contribution is -2.00. The van der Waals surface area contributed by atoms with Crippen molar-refractivity contribution in [3.63, 3.8) is 0 Å². The fraction of sp³-hybridized carbons (Fsp3) is 0.0625. The van der Waals surface area contributed by atoms with Gasteiger partial charge in [0.25, 0.3) is 0 Å². The van der Waals surface area contributed by atoms with Gasteiger partial charge in [-0.25, -0.2) is 4.79 Å². The molecule has 2 aromatic carbocycles. The maximum atomic E-state index is 11.5. The van der Waals surface area contributed by atoms with Gasteiger partial charge < -0.3 is 15.6 Å². The summed E-state index contributed by atoms with van der Waals surface area (Å²) in [6, 6.07) is 11.7. The van der Waals surface area contributed by atoms with Gasteiger partial charge in [0.2, 0.25) is 0 Å². The van der Waals surface area contributed by atoms with Crippen LogP contribution in [0.15, 0.2) is 42.5 Å². The Kier molecular flexibility index (Phi) is 4.50. The van der Waals surface area contributed by atoms with E-state index in [1.807, 2.05) is 0 Å². The first-order valence-electron chi connectivity index (χ1n) is 6.15. The number of ether oxygens (including phenoxy) is 1. The summed E-state index contributed by atoms with van der Waals surface area (Å²) in [5.41, 5.74) is 7.59. The Morgan fingerprint density at radius 1 is 1.24 bits per heavy atom. The molecular weight excluding hydrogens is 290 g/mol. The van der Waals surface area contributed by atoms with E-state index >= 15 is 0 Å². The average molecular weight is 304 g/mol. The summed E-state index contributed by atoms with van der Waals surface area (Å²) < 4.78 is 5.06. The molecule has 0 radical (unpaired) electrons. The van der Waals surface area contributed by atoms with Gasteiger partial charge in [-0.05, 0) is 41.5 Å². The van der Waals surface area contributed by atoms with E-state index < -0.39 is 5.97 Å². The normalized spacial score (nSPS) is 11.2. The lowest BCUT2D eigenvalue weighted by atomic mass is 10.0. The molecule has 0 unspecified atom stereocenters. The van der Waals surface area contributed by atoms with Crippen LogP contribution in [0.5, 0.6) is 5.75 Å². The van der Waals surface area contributed by atoms with Gasteiger partial charge in [0.1, 0.15) is 5.75 Å². The second-order valence-corrected chi connectivity index (χ2v) is 4.80. The van der Waals surface area contributed by atoms with Gasteiger partial charge in [0.05, 0.1) is 12.7 Å². The van der Waals surface area contributed by atoms with E-state index in [-0.39, 0.29) is 5.57 Å². The van der Waals surface area contributed by atoms with E-state index in [1.54, 1.807) is 49.6 Å². The molecule has 0 amide bonds. The van der Waals surface area contributed by atoms with Gasteiger partial charge in [0, 0.05) is 10.7 Å². The predicted octanol–water partition coefficient (Wildman–Crippen LogP) is 3.56. The number of carboxylic acids is 1. The third-order valence-corrected chi connectivity index (χ3v) is 3.22. The topological polar surface area (TPSA) is 72.5 Å². The van der Waals surface area contributed by atoms with Gasteiger partial charge in [0.15, 0.2) is 0 Å². The van der Waals surface area contributed by atoms with Crippen LogP contribution in [-0.4, -0.2) is 18.2 Å². The first-order chi connectivity index (χ1) is 10.0. The summed E-state index contributed by atoms with van der Waals surface area (Å²) in [7, 11) is 1.55. The minimum Gasteiger partial charge on any atom is -0.497 e. The summed E-state index contributed by atoms with van der Waals surface area (Å²) in [4.78, 5) is 11.5. The lowest BCUT2D eigenvalue weighted by Gasteiger charge is -2.07. The molecule has 108 valence electrons. The Balaban J connectivity index is 2.46. The standard InChI is InChI=1S/C16H14ClNO3/c1-21-13-6-3-10(4-7-13)14(16(19)20)8-11-2-5-12(17)9-15(11)18/h2-9H,18H2,1H3,(H,19,20)/b14-8+. The minimum absolute atomic E-state index is 0.145. The van der Waals surface area contributed by atoms with E-state index in [0.29, 0.717) is 27.6 Å². The number of benzene rings is 2. The lowest BCUT2D eigenvalue weighted by molar-refractivity contribution is -0.130. The number of halogens is 1. The molecule has 0 saturated heterocycles. The molecule has 0 aliphatic carbocycles. The van der Waals surface area contributed by atoms with Crippen molar-refractivity contribution in [1.82, 2.24) is 0 Å². The number of nitrogen functional groups attached to an aromatic ring is 1. The van der Waals surface area contributed by atoms with Crippen LogP contribution in [0, 0.1) is 0 Å². The number of hydrogen-bond donors (Lipinski definition) is 2. The van der Waals surface area contributed by atoms with E-state index in [4.69, 9.17) is 22.1 Å². The third-order valence-electron chi connectivity index (χ3n) is 2.98. The Morgan fingerprint density at radius 2 is 1.90 bits per heavy atom. The first-order valence-corrected chi connectivity index (χ1v) is 6.53. The number of aliphatic carboxylic acids is 1. The number of carboxylic acid groups (broad SMARTS) is 1. The zero-order chi connectivity index (χ0) is 15.4. The van der Waals surface area contributed by atoms with E-state index in [0.717, 1.165) is 0 Å². The predicted molar refractivity (Wildman–Crippen MR) is 84.4 cm³/mol. The molecule has 21 heavy (non-hydrogen) atoms. The first kappa shape index (κ1) is 14.9. The van der Waals surface area contributed by atoms with Crippen molar-refractivity contribution in [3.05, 3.63) is 58.6 Å². The molecule has 0 saturated carbocycles. The summed E-state index contributed by atoms with van der Waals surface area (Å²) >= 11 is 5.84. The van der Waals surface area contributed by atoms with Gasteiger partial charge in [-0.3, -0.25) is 0 Å². The van der Waals surface area contributed by atoms with Crippen molar-refractivity contribution >= 4 is 34.9 Å². The van der Waals surface area contributed by atoms with Crippen molar-refractivity contribution in [2.45, 2.75) is 0 Å². The number of methoxy groups -OCH3 is 1. The molecule has 2 rings (SSSR count). The van der Waals surface area contributed by atoms with Gasteiger partial charge >= 0.3 is 5.97 Å². The molecular formula is C16H14ClNO3.